The van der Waals surface area contributed by atoms with E-state index in [-0.39, 0.29) is 22.8 Å². The average Bonchev–Trinajstić information content (AvgIpc) is 2.90. The third-order valence-electron chi connectivity index (χ3n) is 3.01. The van der Waals surface area contributed by atoms with Gasteiger partial charge in [-0.3, -0.25) is 9.59 Å². The summed E-state index contributed by atoms with van der Waals surface area (Å²) >= 11 is 1.26. The first-order chi connectivity index (χ1) is 10.9. The van der Waals surface area contributed by atoms with Gasteiger partial charge in [0.25, 0.3) is 0 Å². The lowest BCUT2D eigenvalue weighted by Crippen LogP contribution is -2.25. The fourth-order valence-corrected chi connectivity index (χ4v) is 2.53. The van der Waals surface area contributed by atoms with Crippen LogP contribution in [0.5, 0.6) is 0 Å². The third-order valence-corrected chi connectivity index (χ3v) is 4.16. The Morgan fingerprint density at radius 2 is 2.04 bits per heavy atom. The van der Waals surface area contributed by atoms with E-state index in [0.717, 1.165) is 11.3 Å². The maximum absolute atomic E-state index is 12.0. The number of aromatic nitrogens is 1. The van der Waals surface area contributed by atoms with E-state index < -0.39 is 0 Å². The molecule has 0 bridgehead atoms. The molecule has 122 valence electrons. The second kappa shape index (κ2) is 7.82. The minimum Gasteiger partial charge on any atom is -0.360 e. The molecule has 0 saturated carbocycles. The molecule has 0 saturated heterocycles. The summed E-state index contributed by atoms with van der Waals surface area (Å²) in [6.07, 6.45) is 0. The van der Waals surface area contributed by atoms with Gasteiger partial charge >= 0.3 is 0 Å². The first-order valence-electron chi connectivity index (χ1n) is 7.16. The van der Waals surface area contributed by atoms with Gasteiger partial charge in [-0.25, -0.2) is 0 Å². The minimum atomic E-state index is -0.379. The Labute approximate surface area is 139 Å². The summed E-state index contributed by atoms with van der Waals surface area (Å²) in [6, 6.07) is 9.21. The number of nitrogens with one attached hydrogen (secondary N) is 2. The number of anilines is 2. The summed E-state index contributed by atoms with van der Waals surface area (Å²) in [5.74, 6) is 0.840. The van der Waals surface area contributed by atoms with Gasteiger partial charge in [0.15, 0.2) is 5.82 Å². The van der Waals surface area contributed by atoms with Gasteiger partial charge in [0.05, 0.1) is 11.0 Å². The Balaban J connectivity index is 1.77. The van der Waals surface area contributed by atoms with Crippen molar-refractivity contribution < 1.29 is 14.1 Å². The molecule has 0 unspecified atom stereocenters. The molecule has 2 amide bonds. The maximum atomic E-state index is 12.0. The molecule has 2 rings (SSSR count). The van der Waals surface area contributed by atoms with E-state index in [0.29, 0.717) is 11.6 Å². The monoisotopic (exact) mass is 333 g/mol. The zero-order valence-electron chi connectivity index (χ0n) is 13.3. The predicted octanol–water partition coefficient (Wildman–Crippen LogP) is 2.99. The molecule has 1 atom stereocenters. The quantitative estimate of drug-likeness (QED) is 0.849. The Hall–Kier alpha value is -2.28. The van der Waals surface area contributed by atoms with Crippen LogP contribution in [-0.2, 0) is 9.59 Å². The molecule has 1 aromatic carbocycles. The molecular weight excluding hydrogens is 314 g/mol. The number of amides is 2. The van der Waals surface area contributed by atoms with Crippen LogP contribution in [0.3, 0.4) is 0 Å². The van der Waals surface area contributed by atoms with Gasteiger partial charge in [-0.15, -0.1) is 11.8 Å². The largest absolute Gasteiger partial charge is 0.360 e. The number of carbonyl (C=O) groups excluding carboxylic acids is 2. The zero-order valence-corrected chi connectivity index (χ0v) is 14.1. The fourth-order valence-electron chi connectivity index (χ4n) is 1.85. The Morgan fingerprint density at radius 3 is 2.70 bits per heavy atom. The number of thioether (sulfide) groups is 1. The molecule has 0 fully saturated rings. The zero-order chi connectivity index (χ0) is 16.8. The van der Waals surface area contributed by atoms with Crippen LogP contribution < -0.4 is 10.6 Å². The number of rotatable bonds is 6. The number of nitrogens with zero attached hydrogens (tertiary/aromatic N) is 1. The molecule has 1 heterocycles. The lowest BCUT2D eigenvalue weighted by Gasteiger charge is -2.10. The maximum Gasteiger partial charge on any atom is 0.238 e. The van der Waals surface area contributed by atoms with Crippen LogP contribution in [0.1, 0.15) is 18.2 Å². The summed E-state index contributed by atoms with van der Waals surface area (Å²) in [7, 11) is 0. The first-order valence-corrected chi connectivity index (χ1v) is 8.21. The molecular formula is C16H19N3O3S. The minimum absolute atomic E-state index is 0.141. The molecule has 23 heavy (non-hydrogen) atoms. The van der Waals surface area contributed by atoms with E-state index in [4.69, 9.17) is 4.52 Å². The van der Waals surface area contributed by atoms with E-state index in [9.17, 15) is 9.59 Å². The van der Waals surface area contributed by atoms with Crippen molar-refractivity contribution >= 4 is 35.1 Å². The normalized spacial score (nSPS) is 11.8. The fraction of sp³-hybridized carbons (Fsp3) is 0.312. The highest BCUT2D eigenvalue weighted by Gasteiger charge is 2.16. The van der Waals surface area contributed by atoms with E-state index in [1.807, 2.05) is 31.2 Å². The SMILES string of the molecule is Cc1cccc(NC(=O)CS[C@@H](C)C(=O)Nc2cc(C)on2)c1. The molecule has 0 aliphatic heterocycles. The van der Waals surface area contributed by atoms with Gasteiger partial charge in [0.2, 0.25) is 11.8 Å². The summed E-state index contributed by atoms with van der Waals surface area (Å²) in [5.41, 5.74) is 1.83. The van der Waals surface area contributed by atoms with Crippen molar-refractivity contribution in [3.05, 3.63) is 41.7 Å². The van der Waals surface area contributed by atoms with Gasteiger partial charge < -0.3 is 15.2 Å². The molecule has 0 spiro atoms. The van der Waals surface area contributed by atoms with E-state index in [1.165, 1.54) is 11.8 Å². The molecule has 2 aromatic rings. The van der Waals surface area contributed by atoms with Gasteiger partial charge in [0, 0.05) is 11.8 Å². The molecule has 0 aliphatic carbocycles. The van der Waals surface area contributed by atoms with Gasteiger partial charge in [-0.1, -0.05) is 17.3 Å². The lowest BCUT2D eigenvalue weighted by molar-refractivity contribution is -0.115. The summed E-state index contributed by atoms with van der Waals surface area (Å²) in [4.78, 5) is 23.9. The summed E-state index contributed by atoms with van der Waals surface area (Å²) in [5, 5.41) is 8.78. The Kier molecular flexibility index (Phi) is 5.81. The number of carbonyl (C=O) groups is 2. The lowest BCUT2D eigenvalue weighted by atomic mass is 10.2. The topological polar surface area (TPSA) is 84.2 Å². The average molecular weight is 333 g/mol. The van der Waals surface area contributed by atoms with Crippen molar-refractivity contribution in [1.82, 2.24) is 5.16 Å². The van der Waals surface area contributed by atoms with Gasteiger partial charge in [-0.05, 0) is 38.5 Å². The smallest absolute Gasteiger partial charge is 0.238 e. The highest BCUT2D eigenvalue weighted by Crippen LogP contribution is 2.15. The molecule has 2 N–H and O–H groups in total. The van der Waals surface area contributed by atoms with Crippen LogP contribution in [0.15, 0.2) is 34.9 Å². The third kappa shape index (κ3) is 5.45. The molecule has 0 aliphatic rings. The summed E-state index contributed by atoms with van der Waals surface area (Å²) in [6.45, 7) is 5.45. The van der Waals surface area contributed by atoms with Crippen LogP contribution in [0.4, 0.5) is 11.5 Å². The predicted molar refractivity (Wildman–Crippen MR) is 91.6 cm³/mol. The van der Waals surface area contributed by atoms with E-state index in [2.05, 4.69) is 15.8 Å². The molecule has 0 radical (unpaired) electrons. The van der Waals surface area contributed by atoms with Crippen LogP contribution in [0.2, 0.25) is 0 Å². The van der Waals surface area contributed by atoms with Gasteiger partial charge in [-0.2, -0.15) is 0 Å². The van der Waals surface area contributed by atoms with Crippen LogP contribution in [-0.4, -0.2) is 28.0 Å². The Morgan fingerprint density at radius 1 is 1.26 bits per heavy atom. The highest BCUT2D eigenvalue weighted by molar-refractivity contribution is 8.01. The Bertz CT molecular complexity index is 699. The van der Waals surface area contributed by atoms with Crippen molar-refractivity contribution in [3.63, 3.8) is 0 Å². The van der Waals surface area contributed by atoms with Crippen molar-refractivity contribution in [3.8, 4) is 0 Å². The van der Waals surface area contributed by atoms with E-state index >= 15 is 0 Å². The van der Waals surface area contributed by atoms with Crippen LogP contribution in [0.25, 0.3) is 0 Å². The second-order valence-corrected chi connectivity index (χ2v) is 6.51. The number of hydrogen-bond acceptors (Lipinski definition) is 5. The number of hydrogen-bond donors (Lipinski definition) is 2. The summed E-state index contributed by atoms with van der Waals surface area (Å²) < 4.78 is 4.88. The van der Waals surface area contributed by atoms with Crippen molar-refractivity contribution in [1.29, 1.82) is 0 Å². The van der Waals surface area contributed by atoms with Crippen molar-refractivity contribution in [2.24, 2.45) is 0 Å². The molecule has 7 heteroatoms. The number of aryl methyl sites for hydroxylation is 2. The van der Waals surface area contributed by atoms with Crippen molar-refractivity contribution in [2.45, 2.75) is 26.0 Å². The van der Waals surface area contributed by atoms with Gasteiger partial charge in [0.1, 0.15) is 5.76 Å². The van der Waals surface area contributed by atoms with Crippen LogP contribution in [0, 0.1) is 13.8 Å². The highest BCUT2D eigenvalue weighted by atomic mass is 32.2. The molecule has 6 nitrogen and oxygen atoms in total. The van der Waals surface area contributed by atoms with E-state index in [1.54, 1.807) is 19.9 Å². The first kappa shape index (κ1) is 17.1. The van der Waals surface area contributed by atoms with Crippen molar-refractivity contribution in [2.75, 3.05) is 16.4 Å². The van der Waals surface area contributed by atoms with Crippen LogP contribution >= 0.6 is 11.8 Å². The molecule has 1 aromatic heterocycles. The standard InChI is InChI=1S/C16H19N3O3S/c1-10-5-4-6-13(7-10)17-15(20)9-23-12(3)16(21)18-14-8-11(2)22-19-14/h4-8,12H,9H2,1-3H3,(H,17,20)(H,18,19,21)/t12-/m0/s1. The second-order valence-electron chi connectivity index (χ2n) is 5.18. The number of benzene rings is 1.